The summed E-state index contributed by atoms with van der Waals surface area (Å²) in [6.07, 6.45) is 5.63. The molecule has 2 atom stereocenters. The molecule has 30 heavy (non-hydrogen) atoms. The highest BCUT2D eigenvalue weighted by molar-refractivity contribution is 6.07. The van der Waals surface area contributed by atoms with Crippen LogP contribution in [-0.2, 0) is 5.54 Å². The average Bonchev–Trinajstić information content (AvgIpc) is 3.35. The third kappa shape index (κ3) is 3.82. The van der Waals surface area contributed by atoms with E-state index in [2.05, 4.69) is 37.1 Å². The van der Waals surface area contributed by atoms with Crippen LogP contribution in [0.25, 0.3) is 11.0 Å². The lowest BCUT2D eigenvalue weighted by molar-refractivity contribution is 0.0682. The molecule has 1 N–H and O–H groups in total. The van der Waals surface area contributed by atoms with Crippen molar-refractivity contribution in [2.45, 2.75) is 83.3 Å². The largest absolute Gasteiger partial charge is 0.331 e. The average molecular weight is 454 g/mol. The molecule has 2 saturated heterocycles. The summed E-state index contributed by atoms with van der Waals surface area (Å²) in [6.45, 7) is 10.4. The van der Waals surface area contributed by atoms with Gasteiger partial charge in [-0.2, -0.15) is 5.10 Å². The van der Waals surface area contributed by atoms with Crippen molar-refractivity contribution in [3.63, 3.8) is 0 Å². The minimum Gasteiger partial charge on any atom is -0.331 e. The first-order chi connectivity index (χ1) is 13.3. The minimum absolute atomic E-state index is 0. The van der Waals surface area contributed by atoms with Crippen LogP contribution < -0.4 is 5.32 Å². The van der Waals surface area contributed by atoms with Crippen LogP contribution in [0.2, 0.25) is 0 Å². The molecule has 8 heteroatoms. The Balaban J connectivity index is 0.00000128. The number of amides is 1. The molecule has 1 saturated carbocycles. The molecule has 2 aromatic heterocycles. The Morgan fingerprint density at radius 1 is 1.10 bits per heavy atom. The Kier molecular flexibility index (Phi) is 6.43. The van der Waals surface area contributed by atoms with E-state index in [4.69, 9.17) is 10.1 Å². The number of rotatable bonds is 2. The number of fused-ring (bicyclic) bond motifs is 3. The lowest BCUT2D eigenvalue weighted by Gasteiger charge is -2.28. The fraction of sp³-hybridized carbons (Fsp3) is 0.682. The predicted molar refractivity (Wildman–Crippen MR) is 124 cm³/mol. The topological polar surface area (TPSA) is 63.1 Å². The van der Waals surface area contributed by atoms with Crippen LogP contribution in [0.5, 0.6) is 0 Å². The van der Waals surface area contributed by atoms with Crippen LogP contribution in [0.15, 0.2) is 6.07 Å². The summed E-state index contributed by atoms with van der Waals surface area (Å²) in [5, 5.41) is 9.26. The summed E-state index contributed by atoms with van der Waals surface area (Å²) in [7, 11) is 0. The van der Waals surface area contributed by atoms with Crippen LogP contribution >= 0.6 is 24.8 Å². The zero-order valence-electron chi connectivity index (χ0n) is 18.3. The Labute approximate surface area is 191 Å². The fourth-order valence-electron chi connectivity index (χ4n) is 4.99. The molecule has 166 valence electrons. The van der Waals surface area contributed by atoms with Gasteiger partial charge in [0.05, 0.1) is 22.2 Å². The number of aryl methyl sites for hydroxylation is 1. The summed E-state index contributed by atoms with van der Waals surface area (Å²) in [5.74, 6) is 0.684. The number of carbonyl (C=O) groups is 1. The Morgan fingerprint density at radius 2 is 1.80 bits per heavy atom. The number of hydrogen-bond acceptors (Lipinski definition) is 4. The number of hydrogen-bond donors (Lipinski definition) is 1. The van der Waals surface area contributed by atoms with Crippen LogP contribution in [-0.4, -0.2) is 50.7 Å². The first-order valence-electron chi connectivity index (χ1n) is 10.8. The van der Waals surface area contributed by atoms with Crippen LogP contribution in [0.1, 0.15) is 80.5 Å². The number of aromatic nitrogens is 3. The standard InChI is InChI=1S/C22H31N5O.2ClH/c1-13-19-17(21(28)26-15-7-8-16(26)12-23-10-9-15)11-18(14-5-6-14)24-20(19)27(25-13)22(2,3)4;;/h11,14-16,23H,5-10,12H2,1-4H3;2*1H. The molecule has 2 bridgehead atoms. The van der Waals surface area contributed by atoms with E-state index in [1.165, 1.54) is 12.8 Å². The van der Waals surface area contributed by atoms with Gasteiger partial charge in [-0.25, -0.2) is 9.67 Å². The van der Waals surface area contributed by atoms with E-state index in [9.17, 15) is 4.79 Å². The Hall–Kier alpha value is -1.37. The first-order valence-corrected chi connectivity index (χ1v) is 10.8. The number of pyridine rings is 1. The van der Waals surface area contributed by atoms with Crippen molar-refractivity contribution in [2.75, 3.05) is 13.1 Å². The van der Waals surface area contributed by atoms with Gasteiger partial charge in [-0.15, -0.1) is 24.8 Å². The van der Waals surface area contributed by atoms with Crippen LogP contribution in [0, 0.1) is 6.92 Å². The van der Waals surface area contributed by atoms with Gasteiger partial charge in [0.15, 0.2) is 5.65 Å². The zero-order valence-corrected chi connectivity index (χ0v) is 19.9. The number of nitrogens with zero attached hydrogens (tertiary/aromatic N) is 4. The maximum atomic E-state index is 13.9. The molecule has 3 aliphatic rings. The molecule has 1 aliphatic carbocycles. The third-order valence-corrected chi connectivity index (χ3v) is 6.58. The van der Waals surface area contributed by atoms with E-state index < -0.39 is 0 Å². The van der Waals surface area contributed by atoms with Crippen molar-refractivity contribution in [1.82, 2.24) is 25.0 Å². The summed E-state index contributed by atoms with van der Waals surface area (Å²) < 4.78 is 2.01. The van der Waals surface area contributed by atoms with Crippen molar-refractivity contribution in [1.29, 1.82) is 0 Å². The molecule has 4 heterocycles. The molecule has 3 fully saturated rings. The van der Waals surface area contributed by atoms with E-state index in [1.54, 1.807) is 0 Å². The van der Waals surface area contributed by atoms with Gasteiger partial charge >= 0.3 is 0 Å². The quantitative estimate of drug-likeness (QED) is 0.740. The van der Waals surface area contributed by atoms with Gasteiger partial charge in [-0.05, 0) is 72.4 Å². The van der Waals surface area contributed by atoms with Crippen molar-refractivity contribution in [3.05, 3.63) is 23.0 Å². The molecule has 0 spiro atoms. The summed E-state index contributed by atoms with van der Waals surface area (Å²) in [6, 6.07) is 2.76. The summed E-state index contributed by atoms with van der Waals surface area (Å²) >= 11 is 0. The highest BCUT2D eigenvalue weighted by atomic mass is 35.5. The molecule has 0 radical (unpaired) electrons. The summed E-state index contributed by atoms with van der Waals surface area (Å²) in [4.78, 5) is 21.0. The highest BCUT2D eigenvalue weighted by Gasteiger charge is 2.40. The summed E-state index contributed by atoms with van der Waals surface area (Å²) in [5.41, 5.74) is 3.50. The van der Waals surface area contributed by atoms with Gasteiger partial charge < -0.3 is 10.2 Å². The molecule has 2 unspecified atom stereocenters. The second-order valence-corrected chi connectivity index (χ2v) is 9.83. The van der Waals surface area contributed by atoms with E-state index in [0.29, 0.717) is 18.0 Å². The van der Waals surface area contributed by atoms with Gasteiger partial charge in [0.2, 0.25) is 0 Å². The maximum Gasteiger partial charge on any atom is 0.255 e. The molecular weight excluding hydrogens is 421 g/mol. The molecule has 1 amide bonds. The van der Waals surface area contributed by atoms with E-state index >= 15 is 0 Å². The Morgan fingerprint density at radius 3 is 2.47 bits per heavy atom. The second kappa shape index (κ2) is 8.29. The maximum absolute atomic E-state index is 13.9. The molecular formula is C22H33Cl2N5O. The number of carbonyl (C=O) groups excluding carboxylic acids is 1. The molecule has 6 nitrogen and oxygen atoms in total. The van der Waals surface area contributed by atoms with Crippen LogP contribution in [0.4, 0.5) is 0 Å². The van der Waals surface area contributed by atoms with Crippen molar-refractivity contribution in [3.8, 4) is 0 Å². The second-order valence-electron chi connectivity index (χ2n) is 9.83. The monoisotopic (exact) mass is 453 g/mol. The number of nitrogens with one attached hydrogen (secondary N) is 1. The molecule has 2 aliphatic heterocycles. The van der Waals surface area contributed by atoms with Crippen LogP contribution in [0.3, 0.4) is 0 Å². The lowest BCUT2D eigenvalue weighted by Crippen LogP contribution is -2.42. The molecule has 5 rings (SSSR count). The van der Waals surface area contributed by atoms with Gasteiger partial charge in [0.1, 0.15) is 0 Å². The fourth-order valence-corrected chi connectivity index (χ4v) is 4.99. The first kappa shape index (κ1) is 23.3. The zero-order chi connectivity index (χ0) is 19.6. The smallest absolute Gasteiger partial charge is 0.255 e. The van der Waals surface area contributed by atoms with Gasteiger partial charge in [0.25, 0.3) is 5.91 Å². The van der Waals surface area contributed by atoms with E-state index in [1.807, 2.05) is 11.6 Å². The third-order valence-electron chi connectivity index (χ3n) is 6.58. The van der Waals surface area contributed by atoms with Gasteiger partial charge in [-0.1, -0.05) is 0 Å². The SMILES string of the molecule is Cc1nn(C(C)(C)C)c2nc(C3CC3)cc(C(=O)N3C4CCNCC3CC4)c12.Cl.Cl. The lowest BCUT2D eigenvalue weighted by atomic mass is 10.0. The molecule has 2 aromatic rings. The van der Waals surface area contributed by atoms with Crippen molar-refractivity contribution >= 4 is 41.8 Å². The Bertz CT molecular complexity index is 933. The van der Waals surface area contributed by atoms with Gasteiger partial charge in [-0.3, -0.25) is 4.79 Å². The highest BCUT2D eigenvalue weighted by Crippen LogP contribution is 2.41. The predicted octanol–water partition coefficient (Wildman–Crippen LogP) is 4.18. The van der Waals surface area contributed by atoms with E-state index in [0.717, 1.165) is 60.3 Å². The van der Waals surface area contributed by atoms with Gasteiger partial charge in [0, 0.05) is 30.2 Å². The minimum atomic E-state index is -0.173. The number of halogens is 2. The van der Waals surface area contributed by atoms with Crippen molar-refractivity contribution in [2.24, 2.45) is 0 Å². The van der Waals surface area contributed by atoms with E-state index in [-0.39, 0.29) is 36.3 Å². The van der Waals surface area contributed by atoms with Crippen molar-refractivity contribution < 1.29 is 4.79 Å². The molecule has 0 aromatic carbocycles. The normalized spacial score (nSPS) is 23.7.